The highest BCUT2D eigenvalue weighted by Crippen LogP contribution is 2.28. The predicted octanol–water partition coefficient (Wildman–Crippen LogP) is 1.47. The van der Waals surface area contributed by atoms with Gasteiger partial charge in [0.05, 0.1) is 13.9 Å². The van der Waals surface area contributed by atoms with Gasteiger partial charge in [-0.15, -0.1) is 0 Å². The lowest BCUT2D eigenvalue weighted by Gasteiger charge is -2.13. The van der Waals surface area contributed by atoms with Gasteiger partial charge < -0.3 is 9.30 Å². The van der Waals surface area contributed by atoms with Crippen LogP contribution in [0.3, 0.4) is 0 Å². The largest absolute Gasteiger partial charge is 0.465 e. The van der Waals surface area contributed by atoms with Crippen LogP contribution in [0.5, 0.6) is 0 Å². The summed E-state index contributed by atoms with van der Waals surface area (Å²) in [7, 11) is 1.44. The summed E-state index contributed by atoms with van der Waals surface area (Å²) in [5.74, 6) is -5.91. The Hall–Kier alpha value is -1.32. The van der Waals surface area contributed by atoms with Gasteiger partial charge in [0.2, 0.25) is 0 Å². The van der Waals surface area contributed by atoms with E-state index in [1.54, 1.807) is 0 Å². The van der Waals surface area contributed by atoms with Crippen LogP contribution in [0, 0.1) is 18.7 Å². The molecular formula is C12H18N2O2. The third-order valence-corrected chi connectivity index (χ3v) is 2.54. The molecular weight excluding hydrogens is 204 g/mol. The molecule has 0 radical (unpaired) electrons. The first-order chi connectivity index (χ1) is 11.1. The maximum absolute atomic E-state index is 12.1. The molecule has 1 aliphatic heterocycles. The van der Waals surface area contributed by atoms with E-state index in [0.717, 1.165) is 0 Å². The number of nitrogens with zero attached hydrogens (tertiary/aromatic N) is 2. The van der Waals surface area contributed by atoms with Crippen LogP contribution in [0.15, 0.2) is 6.17 Å². The average Bonchev–Trinajstić information content (AvgIpc) is 2.88. The molecule has 1 fully saturated rings. The van der Waals surface area contributed by atoms with Crippen LogP contribution in [0.4, 0.5) is 0 Å². The molecule has 0 N–H and O–H groups in total. The van der Waals surface area contributed by atoms with Crippen LogP contribution in [0.2, 0.25) is 0 Å². The first kappa shape index (κ1) is 4.51. The molecule has 4 nitrogen and oxygen atoms in total. The average molecular weight is 231 g/mol. The first-order valence-corrected chi connectivity index (χ1v) is 4.77. The van der Waals surface area contributed by atoms with E-state index in [1.165, 1.54) is 18.5 Å². The predicted molar refractivity (Wildman–Crippen MR) is 59.9 cm³/mol. The number of hydrogen-bond donors (Lipinski definition) is 0. The summed E-state index contributed by atoms with van der Waals surface area (Å²) in [6, 6.07) is 0. The highest BCUT2D eigenvalue weighted by molar-refractivity contribution is 5.74. The van der Waals surface area contributed by atoms with Gasteiger partial charge in [-0.2, -0.15) is 0 Å². The Balaban J connectivity index is 2.66. The van der Waals surface area contributed by atoms with Gasteiger partial charge in [-0.25, -0.2) is 4.98 Å². The van der Waals surface area contributed by atoms with E-state index in [2.05, 4.69) is 4.98 Å². The normalized spacial score (nSPS) is 40.2. The number of cyclic esters (lactones) is 1. The first-order valence-electron chi connectivity index (χ1n) is 9.27. The second kappa shape index (κ2) is 4.28. The molecule has 0 bridgehead atoms. The number of hydrogen-bond acceptors (Lipinski definition) is 3. The number of esters is 1. The number of imidazole rings is 1. The summed E-state index contributed by atoms with van der Waals surface area (Å²) in [6.45, 7) is -2.49. The van der Waals surface area contributed by atoms with Crippen molar-refractivity contribution in [3.05, 3.63) is 17.7 Å². The Morgan fingerprint density at radius 2 is 2.75 bits per heavy atom. The SMILES string of the molecule is [2H]c1nc(C)n(C)c1C([2H])([2H])[C@H]1COC(=O)[C@@]1([2H])C([2H])([2H])C([2H])([2H])[2H]. The van der Waals surface area contributed by atoms with Crippen LogP contribution in [0.25, 0.3) is 0 Å². The van der Waals surface area contributed by atoms with Crippen molar-refractivity contribution in [1.29, 1.82) is 0 Å². The van der Waals surface area contributed by atoms with E-state index in [0.29, 0.717) is 5.82 Å². The fourth-order valence-corrected chi connectivity index (χ4v) is 1.45. The summed E-state index contributed by atoms with van der Waals surface area (Å²) >= 11 is 0. The van der Waals surface area contributed by atoms with Gasteiger partial charge in [-0.3, -0.25) is 4.79 Å². The quantitative estimate of drug-likeness (QED) is 0.740. The van der Waals surface area contributed by atoms with Crippen molar-refractivity contribution >= 4 is 5.97 Å². The minimum absolute atomic E-state index is 0.272. The van der Waals surface area contributed by atoms with Crippen molar-refractivity contribution in [2.75, 3.05) is 6.61 Å². The van der Waals surface area contributed by atoms with Crippen molar-refractivity contribution in [3.8, 4) is 0 Å². The molecule has 4 heteroatoms. The van der Waals surface area contributed by atoms with Gasteiger partial charge in [0.1, 0.15) is 5.82 Å². The number of carbonyl (C=O) groups is 1. The van der Waals surface area contributed by atoms with Crippen molar-refractivity contribution in [1.82, 2.24) is 9.55 Å². The Bertz CT molecular complexity index is 712. The van der Waals surface area contributed by atoms with Crippen molar-refractivity contribution < 1.29 is 21.9 Å². The van der Waals surface area contributed by atoms with Crippen LogP contribution < -0.4 is 0 Å². The molecule has 1 saturated heterocycles. The molecule has 0 aliphatic carbocycles. The Morgan fingerprint density at radius 3 is 3.38 bits per heavy atom. The van der Waals surface area contributed by atoms with Crippen LogP contribution in [0.1, 0.15) is 37.1 Å². The van der Waals surface area contributed by atoms with Gasteiger partial charge in [0.25, 0.3) is 0 Å². The number of carbonyl (C=O) groups excluding carboxylic acids is 1. The number of ether oxygens (including phenoxy) is 1. The Labute approximate surface area is 108 Å². The van der Waals surface area contributed by atoms with Crippen molar-refractivity contribution in [2.45, 2.75) is 26.5 Å². The van der Waals surface area contributed by atoms with Gasteiger partial charge in [0.15, 0.2) is 0 Å². The van der Waals surface area contributed by atoms with Gasteiger partial charge in [-0.05, 0) is 19.7 Å². The van der Waals surface area contributed by atoms with E-state index in [9.17, 15) is 4.79 Å². The monoisotopic (exact) mass is 231 g/mol. The lowest BCUT2D eigenvalue weighted by molar-refractivity contribution is -0.141. The second-order valence-electron chi connectivity index (χ2n) is 3.51. The number of aryl methyl sites for hydroxylation is 1. The molecule has 0 amide bonds. The molecule has 0 saturated carbocycles. The van der Waals surface area contributed by atoms with Gasteiger partial charge in [0, 0.05) is 35.8 Å². The molecule has 2 rings (SSSR count). The van der Waals surface area contributed by atoms with Gasteiger partial charge >= 0.3 is 5.97 Å². The van der Waals surface area contributed by atoms with Gasteiger partial charge in [-0.1, -0.05) is 6.85 Å². The molecule has 1 aliphatic rings. The molecule has 1 aromatic heterocycles. The van der Waals surface area contributed by atoms with Crippen LogP contribution in [-0.4, -0.2) is 22.1 Å². The van der Waals surface area contributed by atoms with Crippen LogP contribution in [-0.2, 0) is 23.0 Å². The zero-order valence-electron chi connectivity index (χ0n) is 18.0. The summed E-state index contributed by atoms with van der Waals surface area (Å²) in [6.07, 6.45) is -6.39. The minimum atomic E-state index is -3.36. The van der Waals surface area contributed by atoms with Crippen molar-refractivity contribution in [2.24, 2.45) is 18.9 Å². The molecule has 2 atom stereocenters. The molecule has 0 unspecified atom stereocenters. The molecule has 16 heavy (non-hydrogen) atoms. The van der Waals surface area contributed by atoms with E-state index >= 15 is 0 Å². The van der Waals surface area contributed by atoms with Crippen molar-refractivity contribution in [3.63, 3.8) is 0 Å². The number of rotatable bonds is 3. The molecule has 88 valence electrons. The highest BCUT2D eigenvalue weighted by Gasteiger charge is 2.35. The van der Waals surface area contributed by atoms with E-state index in [1.807, 2.05) is 0 Å². The standard InChI is InChI=1S/C12H18N2O2/c1-4-11-9(7-16-12(11)15)5-10-6-13-8(2)14(10)3/h6,9,11H,4-5,7H2,1-3H3/t9-,11-/m0/s1/i1D3,4D2,5D2,6D,11D. The van der Waals surface area contributed by atoms with E-state index in [4.69, 9.17) is 17.1 Å². The zero-order chi connectivity index (χ0) is 19.6. The summed E-state index contributed by atoms with van der Waals surface area (Å²) in [5, 5.41) is 0. The number of aromatic nitrogens is 2. The summed E-state index contributed by atoms with van der Waals surface area (Å²) < 4.78 is 76.7. The highest BCUT2D eigenvalue weighted by atomic mass is 16.5. The smallest absolute Gasteiger partial charge is 0.309 e. The molecule has 0 spiro atoms. The van der Waals surface area contributed by atoms with Crippen LogP contribution >= 0.6 is 0 Å². The fraction of sp³-hybridized carbons (Fsp3) is 0.667. The maximum atomic E-state index is 12.1. The molecule has 0 aromatic carbocycles. The third kappa shape index (κ3) is 1.84. The van der Waals surface area contributed by atoms with E-state index in [-0.39, 0.29) is 5.69 Å². The molecule has 1 aromatic rings. The lowest BCUT2D eigenvalue weighted by Crippen LogP contribution is -2.18. The third-order valence-electron chi connectivity index (χ3n) is 2.54. The Morgan fingerprint density at radius 1 is 1.94 bits per heavy atom. The maximum Gasteiger partial charge on any atom is 0.309 e. The summed E-state index contributed by atoms with van der Waals surface area (Å²) in [5.41, 5.74) is -0.272. The fourth-order valence-electron chi connectivity index (χ4n) is 1.45. The minimum Gasteiger partial charge on any atom is -0.465 e. The topological polar surface area (TPSA) is 44.1 Å². The second-order valence-corrected chi connectivity index (χ2v) is 3.51. The summed E-state index contributed by atoms with van der Waals surface area (Å²) in [4.78, 5) is 15.9. The Kier molecular flexibility index (Phi) is 1.21. The molecule has 2 heterocycles. The van der Waals surface area contributed by atoms with E-state index < -0.39 is 50.2 Å². The lowest BCUT2D eigenvalue weighted by atomic mass is 9.89. The zero-order valence-corrected chi connectivity index (χ0v) is 9.00.